The zero-order valence-electron chi connectivity index (χ0n) is 10.8. The van der Waals surface area contributed by atoms with Crippen LogP contribution in [0.3, 0.4) is 0 Å². The number of halogens is 1. The molecular formula is C15H13ClN4. The van der Waals surface area contributed by atoms with Crippen molar-refractivity contribution in [3.8, 4) is 11.4 Å². The van der Waals surface area contributed by atoms with Crippen LogP contribution in [-0.2, 0) is 0 Å². The van der Waals surface area contributed by atoms with Gasteiger partial charge in [0, 0.05) is 29.0 Å². The summed E-state index contributed by atoms with van der Waals surface area (Å²) in [5, 5.41) is 0.704. The van der Waals surface area contributed by atoms with Crippen molar-refractivity contribution in [3.63, 3.8) is 0 Å². The summed E-state index contributed by atoms with van der Waals surface area (Å²) in [6.07, 6.45) is 5.83. The average Bonchev–Trinajstić information content (AvgIpc) is 3.19. The van der Waals surface area contributed by atoms with E-state index in [-0.39, 0.29) is 0 Å². The van der Waals surface area contributed by atoms with Gasteiger partial charge in [-0.2, -0.15) is 0 Å². The number of nitrogens with zero attached hydrogens (tertiary/aromatic N) is 3. The highest BCUT2D eigenvalue weighted by Gasteiger charge is 2.28. The van der Waals surface area contributed by atoms with E-state index in [0.29, 0.717) is 16.8 Å². The van der Waals surface area contributed by atoms with Gasteiger partial charge in [0.25, 0.3) is 0 Å². The van der Waals surface area contributed by atoms with E-state index in [0.717, 1.165) is 22.4 Å². The number of fused-ring (bicyclic) bond motifs is 1. The predicted molar refractivity (Wildman–Crippen MR) is 80.7 cm³/mol. The molecular weight excluding hydrogens is 272 g/mol. The van der Waals surface area contributed by atoms with Crippen LogP contribution in [0.1, 0.15) is 18.9 Å². The molecule has 4 nitrogen and oxygen atoms in total. The van der Waals surface area contributed by atoms with Crippen LogP contribution in [0.2, 0.25) is 5.02 Å². The fourth-order valence-electron chi connectivity index (χ4n) is 2.56. The van der Waals surface area contributed by atoms with Crippen molar-refractivity contribution in [1.29, 1.82) is 0 Å². The number of imidazole rings is 1. The number of hydrogen-bond acceptors (Lipinski definition) is 3. The number of aromatic nitrogens is 3. The summed E-state index contributed by atoms with van der Waals surface area (Å²) in [4.78, 5) is 8.89. The maximum Gasteiger partial charge on any atom is 0.143 e. The first-order valence-electron chi connectivity index (χ1n) is 6.61. The fourth-order valence-corrected chi connectivity index (χ4v) is 2.72. The maximum absolute atomic E-state index is 6.07. The van der Waals surface area contributed by atoms with Gasteiger partial charge in [0.05, 0.1) is 16.7 Å². The van der Waals surface area contributed by atoms with Gasteiger partial charge in [-0.25, -0.2) is 4.98 Å². The van der Waals surface area contributed by atoms with Crippen LogP contribution in [0.15, 0.2) is 36.7 Å². The highest BCUT2D eigenvalue weighted by Crippen LogP contribution is 2.41. The third kappa shape index (κ3) is 1.84. The van der Waals surface area contributed by atoms with Crippen molar-refractivity contribution in [2.45, 2.75) is 18.9 Å². The number of hydrogen-bond donors (Lipinski definition) is 1. The van der Waals surface area contributed by atoms with Crippen LogP contribution in [0.25, 0.3) is 22.4 Å². The van der Waals surface area contributed by atoms with E-state index in [2.05, 4.69) is 9.55 Å². The van der Waals surface area contributed by atoms with Gasteiger partial charge in [-0.15, -0.1) is 0 Å². The Morgan fingerprint density at radius 1 is 1.20 bits per heavy atom. The first kappa shape index (κ1) is 11.7. The van der Waals surface area contributed by atoms with E-state index < -0.39 is 0 Å². The van der Waals surface area contributed by atoms with E-state index in [1.54, 1.807) is 12.4 Å². The monoisotopic (exact) mass is 284 g/mol. The predicted octanol–water partition coefficient (Wildman–Crippen LogP) is 3.67. The first-order valence-corrected chi connectivity index (χ1v) is 6.98. The highest BCUT2D eigenvalue weighted by atomic mass is 35.5. The van der Waals surface area contributed by atoms with Crippen molar-refractivity contribution in [2.75, 3.05) is 5.73 Å². The van der Waals surface area contributed by atoms with Gasteiger partial charge in [0.2, 0.25) is 0 Å². The average molecular weight is 285 g/mol. The molecule has 20 heavy (non-hydrogen) atoms. The van der Waals surface area contributed by atoms with Gasteiger partial charge >= 0.3 is 0 Å². The van der Waals surface area contributed by atoms with Gasteiger partial charge < -0.3 is 10.3 Å². The molecule has 2 heterocycles. The van der Waals surface area contributed by atoms with Gasteiger partial charge in [-0.1, -0.05) is 11.6 Å². The zero-order valence-corrected chi connectivity index (χ0v) is 11.5. The molecule has 0 bridgehead atoms. The minimum atomic E-state index is 0.526. The third-order valence-electron chi connectivity index (χ3n) is 3.58. The quantitative estimate of drug-likeness (QED) is 0.781. The molecule has 1 aliphatic rings. The summed E-state index contributed by atoms with van der Waals surface area (Å²) in [5.41, 5.74) is 9.47. The smallest absolute Gasteiger partial charge is 0.143 e. The Kier molecular flexibility index (Phi) is 2.47. The van der Waals surface area contributed by atoms with Crippen LogP contribution in [-0.4, -0.2) is 14.5 Å². The number of nitrogen functional groups attached to an aromatic ring is 1. The molecule has 1 aliphatic carbocycles. The Morgan fingerprint density at radius 3 is 2.80 bits per heavy atom. The Hall–Kier alpha value is -2.07. The summed E-state index contributed by atoms with van der Waals surface area (Å²) in [7, 11) is 0. The van der Waals surface area contributed by atoms with Crippen molar-refractivity contribution in [1.82, 2.24) is 14.5 Å². The van der Waals surface area contributed by atoms with E-state index in [4.69, 9.17) is 22.3 Å². The number of benzene rings is 1. The molecule has 0 radical (unpaired) electrons. The second-order valence-corrected chi connectivity index (χ2v) is 5.61. The molecule has 2 N–H and O–H groups in total. The Bertz CT molecular complexity index is 805. The molecule has 0 unspecified atom stereocenters. The number of anilines is 1. The van der Waals surface area contributed by atoms with Crippen LogP contribution in [0.4, 0.5) is 5.69 Å². The van der Waals surface area contributed by atoms with Crippen LogP contribution in [0.5, 0.6) is 0 Å². The standard InChI is InChI=1S/C15H13ClN4/c16-10-1-4-14-13(6-10)19-15(20(14)12-2-3-12)9-5-11(17)8-18-7-9/h1,4-8,12H,2-3,17H2. The lowest BCUT2D eigenvalue weighted by atomic mass is 10.2. The normalized spacial score (nSPS) is 14.8. The second kappa shape index (κ2) is 4.21. The molecule has 5 heteroatoms. The molecule has 0 aliphatic heterocycles. The Balaban J connectivity index is 2.00. The van der Waals surface area contributed by atoms with Crippen LogP contribution >= 0.6 is 11.6 Å². The zero-order chi connectivity index (χ0) is 13.7. The van der Waals surface area contributed by atoms with Crippen molar-refractivity contribution >= 4 is 28.3 Å². The molecule has 2 aromatic heterocycles. The van der Waals surface area contributed by atoms with E-state index in [1.165, 1.54) is 12.8 Å². The SMILES string of the molecule is Nc1cncc(-c2nc3cc(Cl)ccc3n2C2CC2)c1. The molecule has 1 fully saturated rings. The Morgan fingerprint density at radius 2 is 2.05 bits per heavy atom. The number of rotatable bonds is 2. The van der Waals surface area contributed by atoms with Gasteiger partial charge in [0.15, 0.2) is 0 Å². The highest BCUT2D eigenvalue weighted by molar-refractivity contribution is 6.31. The van der Waals surface area contributed by atoms with Gasteiger partial charge in [-0.3, -0.25) is 4.98 Å². The largest absolute Gasteiger partial charge is 0.397 e. The summed E-state index contributed by atoms with van der Waals surface area (Å²) in [5.74, 6) is 0.921. The molecule has 0 atom stereocenters. The third-order valence-corrected chi connectivity index (χ3v) is 3.82. The number of pyridine rings is 1. The maximum atomic E-state index is 6.07. The lowest BCUT2D eigenvalue weighted by Crippen LogP contribution is -1.98. The van der Waals surface area contributed by atoms with Crippen molar-refractivity contribution < 1.29 is 0 Å². The molecule has 1 aromatic carbocycles. The first-order chi connectivity index (χ1) is 9.72. The molecule has 0 saturated heterocycles. The number of nitrogens with two attached hydrogens (primary N) is 1. The topological polar surface area (TPSA) is 56.7 Å². The van der Waals surface area contributed by atoms with Gasteiger partial charge in [0.1, 0.15) is 5.82 Å². The fraction of sp³-hybridized carbons (Fsp3) is 0.200. The molecule has 0 amide bonds. The van der Waals surface area contributed by atoms with E-state index in [9.17, 15) is 0 Å². The molecule has 100 valence electrons. The second-order valence-electron chi connectivity index (χ2n) is 5.18. The molecule has 0 spiro atoms. The molecule has 3 aromatic rings. The lowest BCUT2D eigenvalue weighted by Gasteiger charge is -2.07. The van der Waals surface area contributed by atoms with Crippen molar-refractivity contribution in [3.05, 3.63) is 41.7 Å². The summed E-state index contributed by atoms with van der Waals surface area (Å²) in [6, 6.07) is 8.28. The molecule has 4 rings (SSSR count). The van der Waals surface area contributed by atoms with Gasteiger partial charge in [-0.05, 0) is 37.1 Å². The van der Waals surface area contributed by atoms with E-state index in [1.807, 2.05) is 24.3 Å². The van der Waals surface area contributed by atoms with Crippen LogP contribution in [0, 0.1) is 0 Å². The summed E-state index contributed by atoms with van der Waals surface area (Å²) < 4.78 is 2.28. The summed E-state index contributed by atoms with van der Waals surface area (Å²) >= 11 is 6.07. The van der Waals surface area contributed by atoms with Crippen molar-refractivity contribution in [2.24, 2.45) is 0 Å². The summed E-state index contributed by atoms with van der Waals surface area (Å²) in [6.45, 7) is 0. The molecule has 1 saturated carbocycles. The Labute approximate surface area is 121 Å². The van der Waals surface area contributed by atoms with Crippen LogP contribution < -0.4 is 5.73 Å². The lowest BCUT2D eigenvalue weighted by molar-refractivity contribution is 0.775. The minimum absolute atomic E-state index is 0.526. The minimum Gasteiger partial charge on any atom is -0.397 e. The van der Waals surface area contributed by atoms with E-state index >= 15 is 0 Å².